The minimum absolute atomic E-state index is 0.441. The fourth-order valence-electron chi connectivity index (χ4n) is 1.91. The summed E-state index contributed by atoms with van der Waals surface area (Å²) in [6.45, 7) is 7.51. The summed E-state index contributed by atoms with van der Waals surface area (Å²) >= 11 is 1.98. The fourth-order valence-corrected chi connectivity index (χ4v) is 2.68. The smallest absolute Gasteiger partial charge is 0.119 e. The van der Waals surface area contributed by atoms with Crippen molar-refractivity contribution in [3.63, 3.8) is 0 Å². The number of benzene rings is 1. The third-order valence-corrected chi connectivity index (χ3v) is 3.77. The lowest BCUT2D eigenvalue weighted by Gasteiger charge is -2.20. The predicted octanol–water partition coefficient (Wildman–Crippen LogP) is 3.41. The first-order chi connectivity index (χ1) is 8.22. The van der Waals surface area contributed by atoms with E-state index in [1.807, 2.05) is 17.8 Å². The van der Waals surface area contributed by atoms with Crippen molar-refractivity contribution in [3.8, 4) is 5.75 Å². The van der Waals surface area contributed by atoms with Crippen LogP contribution >= 0.6 is 11.8 Å². The third-order valence-electron chi connectivity index (χ3n) is 2.79. The summed E-state index contributed by atoms with van der Waals surface area (Å²) in [7, 11) is 1.71. The number of hydrogen-bond donors (Lipinski definition) is 1. The predicted molar refractivity (Wildman–Crippen MR) is 77.1 cm³/mol. The Hall–Kier alpha value is -0.670. The molecule has 0 aliphatic rings. The lowest BCUT2D eigenvalue weighted by Crippen LogP contribution is -2.23. The first-order valence-electron chi connectivity index (χ1n) is 6.18. The molecule has 0 aromatic heterocycles. The van der Waals surface area contributed by atoms with Gasteiger partial charge in [-0.2, -0.15) is 11.8 Å². The van der Waals surface area contributed by atoms with E-state index in [0.717, 1.165) is 23.8 Å². The molecule has 0 spiro atoms. The Morgan fingerprint density at radius 2 is 2.12 bits per heavy atom. The summed E-state index contributed by atoms with van der Waals surface area (Å²) in [6, 6.07) is 6.77. The highest BCUT2D eigenvalue weighted by molar-refractivity contribution is 7.99. The molecule has 1 aromatic carbocycles. The van der Waals surface area contributed by atoms with Crippen LogP contribution in [0.15, 0.2) is 18.2 Å². The van der Waals surface area contributed by atoms with Crippen molar-refractivity contribution < 1.29 is 4.74 Å². The summed E-state index contributed by atoms with van der Waals surface area (Å²) in [4.78, 5) is 0. The second-order valence-corrected chi connectivity index (χ2v) is 5.31. The van der Waals surface area contributed by atoms with Crippen LogP contribution in [0, 0.1) is 6.92 Å². The molecule has 0 amide bonds. The maximum Gasteiger partial charge on any atom is 0.119 e. The van der Waals surface area contributed by atoms with Crippen molar-refractivity contribution in [3.05, 3.63) is 29.3 Å². The highest BCUT2D eigenvalue weighted by atomic mass is 32.2. The van der Waals surface area contributed by atoms with Gasteiger partial charge in [-0.1, -0.05) is 19.9 Å². The maximum absolute atomic E-state index is 5.25. The number of thioether (sulfide) groups is 1. The van der Waals surface area contributed by atoms with Gasteiger partial charge >= 0.3 is 0 Å². The molecule has 0 saturated carbocycles. The van der Waals surface area contributed by atoms with Gasteiger partial charge in [0.2, 0.25) is 0 Å². The Labute approximate surface area is 109 Å². The molecule has 1 N–H and O–H groups in total. The molecule has 0 radical (unpaired) electrons. The topological polar surface area (TPSA) is 21.3 Å². The molecule has 0 fully saturated rings. The number of aryl methyl sites for hydroxylation is 1. The van der Waals surface area contributed by atoms with Gasteiger partial charge in [-0.3, -0.25) is 0 Å². The minimum Gasteiger partial charge on any atom is -0.497 e. The van der Waals surface area contributed by atoms with E-state index in [2.05, 4.69) is 38.2 Å². The van der Waals surface area contributed by atoms with Crippen molar-refractivity contribution in [2.24, 2.45) is 0 Å². The van der Waals surface area contributed by atoms with Gasteiger partial charge in [-0.25, -0.2) is 0 Å². The van der Waals surface area contributed by atoms with E-state index >= 15 is 0 Å². The monoisotopic (exact) mass is 253 g/mol. The average Bonchev–Trinajstić information content (AvgIpc) is 2.34. The molecule has 0 heterocycles. The minimum atomic E-state index is 0.441. The van der Waals surface area contributed by atoms with Crippen LogP contribution in [0.3, 0.4) is 0 Å². The van der Waals surface area contributed by atoms with E-state index in [4.69, 9.17) is 4.74 Å². The molecule has 1 aromatic rings. The van der Waals surface area contributed by atoms with Crippen molar-refractivity contribution >= 4 is 11.8 Å². The molecule has 2 nitrogen and oxygen atoms in total. The van der Waals surface area contributed by atoms with Crippen LogP contribution in [0.1, 0.15) is 31.0 Å². The number of ether oxygens (including phenoxy) is 1. The summed E-state index contributed by atoms with van der Waals surface area (Å²) in [5, 5.41) is 3.55. The van der Waals surface area contributed by atoms with E-state index in [9.17, 15) is 0 Å². The van der Waals surface area contributed by atoms with Crippen molar-refractivity contribution in [2.75, 3.05) is 25.2 Å². The summed E-state index contributed by atoms with van der Waals surface area (Å²) in [5.41, 5.74) is 2.68. The Kier molecular flexibility index (Phi) is 6.45. The van der Waals surface area contributed by atoms with Crippen molar-refractivity contribution in [1.82, 2.24) is 5.32 Å². The van der Waals surface area contributed by atoms with Crippen LogP contribution in [0.5, 0.6) is 5.75 Å². The molecule has 0 bridgehead atoms. The Morgan fingerprint density at radius 1 is 1.35 bits per heavy atom. The molecule has 1 rings (SSSR count). The van der Waals surface area contributed by atoms with E-state index in [-0.39, 0.29) is 0 Å². The molecule has 0 aliphatic heterocycles. The SMILES string of the molecule is CCNC(CSCC)c1ccc(OC)cc1C. The highest BCUT2D eigenvalue weighted by Crippen LogP contribution is 2.25. The van der Waals surface area contributed by atoms with Crippen LogP contribution < -0.4 is 10.1 Å². The lowest BCUT2D eigenvalue weighted by molar-refractivity contribution is 0.414. The number of nitrogens with one attached hydrogen (secondary N) is 1. The van der Waals surface area contributed by atoms with Gasteiger partial charge in [0, 0.05) is 11.8 Å². The Balaban J connectivity index is 2.85. The van der Waals surface area contributed by atoms with Crippen LogP contribution in [-0.2, 0) is 0 Å². The molecule has 1 unspecified atom stereocenters. The van der Waals surface area contributed by atoms with E-state index in [1.165, 1.54) is 11.1 Å². The van der Waals surface area contributed by atoms with E-state index in [0.29, 0.717) is 6.04 Å². The normalized spacial score (nSPS) is 12.5. The summed E-state index contributed by atoms with van der Waals surface area (Å²) in [6.07, 6.45) is 0. The van der Waals surface area contributed by atoms with Crippen molar-refractivity contribution in [2.45, 2.75) is 26.8 Å². The van der Waals surface area contributed by atoms with Crippen LogP contribution in [0.2, 0.25) is 0 Å². The van der Waals surface area contributed by atoms with E-state index < -0.39 is 0 Å². The maximum atomic E-state index is 5.25. The average molecular weight is 253 g/mol. The van der Waals surface area contributed by atoms with Gasteiger partial charge in [0.1, 0.15) is 5.75 Å². The second-order valence-electron chi connectivity index (χ2n) is 3.99. The number of hydrogen-bond acceptors (Lipinski definition) is 3. The molecule has 0 aliphatic carbocycles. The molecule has 3 heteroatoms. The standard InChI is InChI=1S/C14H23NOS/c1-5-15-14(10-17-6-2)13-8-7-12(16-4)9-11(13)3/h7-9,14-15H,5-6,10H2,1-4H3. The van der Waals surface area contributed by atoms with Crippen LogP contribution in [-0.4, -0.2) is 25.2 Å². The van der Waals surface area contributed by atoms with Gasteiger partial charge in [0.15, 0.2) is 0 Å². The second kappa shape index (κ2) is 7.62. The molecule has 17 heavy (non-hydrogen) atoms. The third kappa shape index (κ3) is 4.25. The quantitative estimate of drug-likeness (QED) is 0.804. The fraction of sp³-hybridized carbons (Fsp3) is 0.571. The molecule has 1 atom stereocenters. The van der Waals surface area contributed by atoms with Gasteiger partial charge in [0.25, 0.3) is 0 Å². The molecule has 96 valence electrons. The first-order valence-corrected chi connectivity index (χ1v) is 7.34. The zero-order valence-corrected chi connectivity index (χ0v) is 12.1. The first kappa shape index (κ1) is 14.4. The Bertz CT molecular complexity index is 341. The van der Waals surface area contributed by atoms with Gasteiger partial charge in [-0.05, 0) is 42.5 Å². The Morgan fingerprint density at radius 3 is 2.65 bits per heavy atom. The number of rotatable bonds is 7. The van der Waals surface area contributed by atoms with Gasteiger partial charge in [-0.15, -0.1) is 0 Å². The van der Waals surface area contributed by atoms with Gasteiger partial charge < -0.3 is 10.1 Å². The zero-order chi connectivity index (χ0) is 12.7. The molecule has 0 saturated heterocycles. The summed E-state index contributed by atoms with van der Waals surface area (Å²) < 4.78 is 5.25. The van der Waals surface area contributed by atoms with E-state index in [1.54, 1.807) is 7.11 Å². The summed E-state index contributed by atoms with van der Waals surface area (Å²) in [5.74, 6) is 3.22. The van der Waals surface area contributed by atoms with Crippen molar-refractivity contribution in [1.29, 1.82) is 0 Å². The number of methoxy groups -OCH3 is 1. The zero-order valence-electron chi connectivity index (χ0n) is 11.2. The molecular formula is C14H23NOS. The largest absolute Gasteiger partial charge is 0.497 e. The lowest BCUT2D eigenvalue weighted by atomic mass is 10.0. The van der Waals surface area contributed by atoms with Crippen LogP contribution in [0.4, 0.5) is 0 Å². The van der Waals surface area contributed by atoms with Gasteiger partial charge in [0.05, 0.1) is 7.11 Å². The molecular weight excluding hydrogens is 230 g/mol. The highest BCUT2D eigenvalue weighted by Gasteiger charge is 2.12. The van der Waals surface area contributed by atoms with Crippen LogP contribution in [0.25, 0.3) is 0 Å².